The Balaban J connectivity index is 1.34. The molecule has 0 saturated heterocycles. The molecule has 6 aromatic rings. The molecule has 7 nitrogen and oxygen atoms in total. The molecular weight excluding hydrogens is 568 g/mol. The van der Waals surface area contributed by atoms with Gasteiger partial charge in [0.05, 0.1) is 10.6 Å². The van der Waals surface area contributed by atoms with E-state index < -0.39 is 5.54 Å². The van der Waals surface area contributed by atoms with E-state index >= 15 is 0 Å². The van der Waals surface area contributed by atoms with Crippen molar-refractivity contribution in [1.82, 2.24) is 25.2 Å². The quantitative estimate of drug-likeness (QED) is 0.117. The van der Waals surface area contributed by atoms with Gasteiger partial charge in [0.15, 0.2) is 5.82 Å². The Morgan fingerprint density at radius 1 is 0.696 bits per heavy atom. The summed E-state index contributed by atoms with van der Waals surface area (Å²) in [5.41, 5.74) is 7.46. The minimum atomic E-state index is -0.844. The highest BCUT2D eigenvalue weighted by molar-refractivity contribution is 5.81. The van der Waals surface area contributed by atoms with E-state index in [9.17, 15) is 4.91 Å². The van der Waals surface area contributed by atoms with Crippen LogP contribution in [0.2, 0.25) is 0 Å². The van der Waals surface area contributed by atoms with Crippen LogP contribution in [0.25, 0.3) is 22.5 Å². The van der Waals surface area contributed by atoms with Crippen molar-refractivity contribution in [3.05, 3.63) is 178 Å². The van der Waals surface area contributed by atoms with Crippen LogP contribution in [0.3, 0.4) is 0 Å². The number of benzene rings is 5. The fourth-order valence-corrected chi connectivity index (χ4v) is 6.58. The van der Waals surface area contributed by atoms with E-state index in [1.165, 1.54) is 0 Å². The molecule has 1 aromatic heterocycles. The first-order chi connectivity index (χ1) is 22.7. The van der Waals surface area contributed by atoms with Crippen LogP contribution < -0.4 is 0 Å². The summed E-state index contributed by atoms with van der Waals surface area (Å²) < 4.78 is 1.97. The number of tetrazole rings is 1. The van der Waals surface area contributed by atoms with Gasteiger partial charge in [0, 0.05) is 11.6 Å². The summed E-state index contributed by atoms with van der Waals surface area (Å²) in [6.45, 7) is 3.09. The number of allylic oxidation sites excluding steroid dienone is 1. The molecule has 0 atom stereocenters. The second kappa shape index (κ2) is 12.7. The van der Waals surface area contributed by atoms with Crippen LogP contribution in [-0.2, 0) is 12.1 Å². The number of nitroso groups, excluding NO2 is 1. The first kappa shape index (κ1) is 29.0. The highest BCUT2D eigenvalue weighted by Gasteiger charge is 2.42. The van der Waals surface area contributed by atoms with Gasteiger partial charge in [-0.3, -0.25) is 0 Å². The summed E-state index contributed by atoms with van der Waals surface area (Å²) in [5, 5.41) is 15.6. The molecule has 0 aliphatic carbocycles. The van der Waals surface area contributed by atoms with Crippen LogP contribution in [0.4, 0.5) is 0 Å². The van der Waals surface area contributed by atoms with Gasteiger partial charge in [-0.25, -0.2) is 4.68 Å². The van der Waals surface area contributed by atoms with Gasteiger partial charge >= 0.3 is 0 Å². The smallest absolute Gasteiger partial charge is 0.205 e. The largest absolute Gasteiger partial charge is 0.246 e. The van der Waals surface area contributed by atoms with E-state index in [1.807, 2.05) is 46.1 Å². The van der Waals surface area contributed by atoms with Gasteiger partial charge in [0.25, 0.3) is 0 Å². The lowest BCUT2D eigenvalue weighted by Gasteiger charge is -2.36. The lowest BCUT2D eigenvalue weighted by molar-refractivity contribution is -0.684. The molecule has 1 aliphatic heterocycles. The molecule has 0 bridgehead atoms. The number of nitrogens with zero attached hydrogens (tertiary/aromatic N) is 6. The number of hydrogen-bond donors (Lipinski definition) is 0. The molecule has 0 N–H and O–H groups in total. The number of rotatable bonds is 10. The Bertz CT molecular complexity index is 1870. The Morgan fingerprint density at radius 2 is 1.24 bits per heavy atom. The molecule has 2 heterocycles. The van der Waals surface area contributed by atoms with Crippen molar-refractivity contribution in [3.8, 4) is 22.5 Å². The Labute approximate surface area is 269 Å². The van der Waals surface area contributed by atoms with E-state index in [1.54, 1.807) is 0 Å². The standard InChI is InChI=1S/C39H35N6O/c1-2-14-35-27-28-44(46)43(35)29-30-23-25-31(26-24-30)36-21-12-13-22-37(36)38-40-41-42-45(38)39(32-15-6-3-7-16-32,33-17-8-4-9-18-33)34-19-10-5-11-20-34/h3-13,15-27H,2,14,28-29H2,1H3/q+1. The van der Waals surface area contributed by atoms with Gasteiger partial charge in [0.2, 0.25) is 6.54 Å². The third kappa shape index (κ3) is 5.20. The van der Waals surface area contributed by atoms with E-state index in [2.05, 4.69) is 126 Å². The Kier molecular flexibility index (Phi) is 8.04. The second-order valence-electron chi connectivity index (χ2n) is 11.5. The molecule has 226 valence electrons. The van der Waals surface area contributed by atoms with Gasteiger partial charge in [-0.1, -0.05) is 153 Å². The molecule has 0 fully saturated rings. The van der Waals surface area contributed by atoms with Crippen LogP contribution in [0.5, 0.6) is 0 Å². The molecule has 1 aliphatic rings. The van der Waals surface area contributed by atoms with Crippen molar-refractivity contribution in [2.75, 3.05) is 6.54 Å². The average Bonchev–Trinajstić information content (AvgIpc) is 3.74. The predicted molar refractivity (Wildman–Crippen MR) is 180 cm³/mol. The van der Waals surface area contributed by atoms with Crippen LogP contribution in [0.15, 0.2) is 151 Å². The van der Waals surface area contributed by atoms with Gasteiger partial charge in [-0.2, -0.15) is 0 Å². The zero-order chi connectivity index (χ0) is 31.3. The minimum Gasteiger partial charge on any atom is -0.205 e. The molecule has 7 heteroatoms. The molecule has 46 heavy (non-hydrogen) atoms. The topological polar surface area (TPSA) is 66.9 Å². The van der Waals surface area contributed by atoms with E-state index in [0.29, 0.717) is 18.9 Å². The molecule has 5 aromatic carbocycles. The van der Waals surface area contributed by atoms with Crippen molar-refractivity contribution in [2.45, 2.75) is 31.8 Å². The molecule has 0 unspecified atom stereocenters. The highest BCUT2D eigenvalue weighted by atomic mass is 16.3. The maximum atomic E-state index is 12.5. The number of hydrazine groups is 1. The van der Waals surface area contributed by atoms with Crippen molar-refractivity contribution < 1.29 is 4.87 Å². The normalized spacial score (nSPS) is 13.2. The van der Waals surface area contributed by atoms with Crippen LogP contribution in [-0.4, -0.2) is 36.6 Å². The lowest BCUT2D eigenvalue weighted by atomic mass is 9.77. The van der Waals surface area contributed by atoms with Crippen LogP contribution in [0, 0.1) is 4.91 Å². The zero-order valence-electron chi connectivity index (χ0n) is 25.8. The van der Waals surface area contributed by atoms with Gasteiger partial charge in [-0.15, -0.1) is 10.1 Å². The summed E-state index contributed by atoms with van der Waals surface area (Å²) in [6.07, 6.45) is 3.94. The van der Waals surface area contributed by atoms with E-state index in [4.69, 9.17) is 5.21 Å². The lowest BCUT2D eigenvalue weighted by Crippen LogP contribution is -2.39. The number of hydrogen-bond acceptors (Lipinski definition) is 4. The summed E-state index contributed by atoms with van der Waals surface area (Å²) in [6, 6.07) is 48.0. The SMILES string of the molecule is CCCC1=CC[N+](=O)N1Cc1ccc(-c2ccccc2-c2nnnn2C(c2ccccc2)(c2ccccc2)c2ccccc2)cc1. The molecule has 0 saturated carbocycles. The van der Waals surface area contributed by atoms with E-state index in [0.717, 1.165) is 62.4 Å². The minimum absolute atomic E-state index is 0.409. The van der Waals surface area contributed by atoms with Crippen LogP contribution in [0.1, 0.15) is 42.0 Å². The fourth-order valence-electron chi connectivity index (χ4n) is 6.58. The van der Waals surface area contributed by atoms with E-state index in [-0.39, 0.29) is 0 Å². The maximum Gasteiger partial charge on any atom is 0.246 e. The Hall–Kier alpha value is -5.69. The van der Waals surface area contributed by atoms with Crippen molar-refractivity contribution in [2.24, 2.45) is 0 Å². The first-order valence-corrected chi connectivity index (χ1v) is 15.8. The summed E-state index contributed by atoms with van der Waals surface area (Å²) >= 11 is 0. The molecule has 0 spiro atoms. The van der Waals surface area contributed by atoms with Crippen molar-refractivity contribution in [3.63, 3.8) is 0 Å². The maximum absolute atomic E-state index is 12.5. The van der Waals surface area contributed by atoms with Crippen molar-refractivity contribution in [1.29, 1.82) is 0 Å². The predicted octanol–water partition coefficient (Wildman–Crippen LogP) is 8.04. The van der Waals surface area contributed by atoms with Gasteiger partial charge in [-0.05, 0) is 50.2 Å². The summed E-state index contributed by atoms with van der Waals surface area (Å²) in [4.78, 5) is 13.6. The summed E-state index contributed by atoms with van der Waals surface area (Å²) in [5.74, 6) is 0.657. The van der Waals surface area contributed by atoms with Gasteiger partial charge in [0.1, 0.15) is 17.0 Å². The third-order valence-electron chi connectivity index (χ3n) is 8.72. The zero-order valence-corrected chi connectivity index (χ0v) is 25.8. The summed E-state index contributed by atoms with van der Waals surface area (Å²) in [7, 11) is 0. The molecule has 7 rings (SSSR count). The first-order valence-electron chi connectivity index (χ1n) is 15.8. The fraction of sp³-hybridized carbons (Fsp3) is 0.154. The highest BCUT2D eigenvalue weighted by Crippen LogP contribution is 2.43. The van der Waals surface area contributed by atoms with Crippen molar-refractivity contribution >= 4 is 0 Å². The molecular formula is C39H35N6O+. The monoisotopic (exact) mass is 603 g/mol. The Morgan fingerprint density at radius 3 is 1.80 bits per heavy atom. The van der Waals surface area contributed by atoms with Crippen LogP contribution >= 0.6 is 0 Å². The second-order valence-corrected chi connectivity index (χ2v) is 11.5. The molecule has 0 radical (unpaired) electrons. The third-order valence-corrected chi connectivity index (χ3v) is 8.72. The van der Waals surface area contributed by atoms with Gasteiger partial charge < -0.3 is 0 Å². The number of aromatic nitrogens is 4. The average molecular weight is 604 g/mol. The molecule has 0 amide bonds.